The number of likely N-dealkylation sites (N-methyl/N-ethyl adjacent to an activating group) is 1. The lowest BCUT2D eigenvalue weighted by molar-refractivity contribution is 0.222. The Hall–Kier alpha value is -2.42. The SMILES string of the molecule is CC/C(C1=CC(NC)=CCC1)=C1\C2=C(CCC=C2)OCC2=C1C(OC)=CCC2. The van der Waals surface area contributed by atoms with E-state index in [9.17, 15) is 0 Å². The first-order valence-corrected chi connectivity index (χ1v) is 10.6. The van der Waals surface area contributed by atoms with Gasteiger partial charge in [-0.1, -0.05) is 25.2 Å². The summed E-state index contributed by atoms with van der Waals surface area (Å²) in [6, 6.07) is 0. The van der Waals surface area contributed by atoms with Gasteiger partial charge in [0.15, 0.2) is 0 Å². The van der Waals surface area contributed by atoms with Crippen molar-refractivity contribution in [2.45, 2.75) is 51.9 Å². The van der Waals surface area contributed by atoms with Gasteiger partial charge in [-0.15, -0.1) is 0 Å². The molecule has 0 saturated heterocycles. The predicted octanol–water partition coefficient (Wildman–Crippen LogP) is 5.77. The van der Waals surface area contributed by atoms with Gasteiger partial charge < -0.3 is 14.8 Å². The van der Waals surface area contributed by atoms with Crippen LogP contribution in [0.4, 0.5) is 0 Å². The highest BCUT2D eigenvalue weighted by atomic mass is 16.5. The van der Waals surface area contributed by atoms with Crippen molar-refractivity contribution in [3.8, 4) is 0 Å². The summed E-state index contributed by atoms with van der Waals surface area (Å²) >= 11 is 0. The molecule has 1 N–H and O–H groups in total. The fourth-order valence-corrected chi connectivity index (χ4v) is 4.73. The predicted molar refractivity (Wildman–Crippen MR) is 114 cm³/mol. The molecule has 0 radical (unpaired) electrons. The van der Waals surface area contributed by atoms with E-state index in [1.807, 2.05) is 7.05 Å². The van der Waals surface area contributed by atoms with E-state index in [-0.39, 0.29) is 0 Å². The van der Waals surface area contributed by atoms with Gasteiger partial charge in [0.1, 0.15) is 18.1 Å². The van der Waals surface area contributed by atoms with Crippen LogP contribution >= 0.6 is 0 Å². The number of nitrogens with one attached hydrogen (secondary N) is 1. The second kappa shape index (κ2) is 8.30. The normalized spacial score (nSPS) is 23.6. The Bertz CT molecular complexity index is 874. The number of hydrogen-bond donors (Lipinski definition) is 1. The standard InChI is InChI=1S/C25H31NO2/c1-4-20(17-9-7-11-19(15-17)26-2)25-21-12-5-6-13-22(21)28-16-18-10-8-14-23(27-3)24(18)25/h5,11-12,14-15,26H,4,6-10,13,16H2,1-3H3/b25-20-. The first-order valence-electron chi connectivity index (χ1n) is 10.6. The highest BCUT2D eigenvalue weighted by Gasteiger charge is 2.31. The Kier molecular flexibility index (Phi) is 5.61. The smallest absolute Gasteiger partial charge is 0.122 e. The van der Waals surface area contributed by atoms with Crippen molar-refractivity contribution in [2.24, 2.45) is 0 Å². The van der Waals surface area contributed by atoms with Crippen molar-refractivity contribution in [2.75, 3.05) is 20.8 Å². The lowest BCUT2D eigenvalue weighted by Gasteiger charge is -2.26. The van der Waals surface area contributed by atoms with Gasteiger partial charge in [-0.2, -0.15) is 0 Å². The lowest BCUT2D eigenvalue weighted by Crippen LogP contribution is -2.12. The quantitative estimate of drug-likeness (QED) is 0.674. The van der Waals surface area contributed by atoms with Crippen LogP contribution < -0.4 is 5.32 Å². The van der Waals surface area contributed by atoms with E-state index < -0.39 is 0 Å². The second-order valence-corrected chi connectivity index (χ2v) is 7.68. The van der Waals surface area contributed by atoms with E-state index in [4.69, 9.17) is 9.47 Å². The molecule has 0 amide bonds. The molecule has 28 heavy (non-hydrogen) atoms. The van der Waals surface area contributed by atoms with Gasteiger partial charge >= 0.3 is 0 Å². The molecule has 0 atom stereocenters. The summed E-state index contributed by atoms with van der Waals surface area (Å²) in [6.45, 7) is 2.96. The fourth-order valence-electron chi connectivity index (χ4n) is 4.73. The molecule has 0 spiro atoms. The molecule has 4 rings (SSSR count). The van der Waals surface area contributed by atoms with Crippen molar-refractivity contribution in [1.29, 1.82) is 0 Å². The maximum absolute atomic E-state index is 6.33. The van der Waals surface area contributed by atoms with Crippen LogP contribution in [-0.4, -0.2) is 20.8 Å². The van der Waals surface area contributed by atoms with Gasteiger partial charge in [-0.3, -0.25) is 0 Å². The first kappa shape index (κ1) is 18.9. The van der Waals surface area contributed by atoms with Gasteiger partial charge in [-0.25, -0.2) is 0 Å². The summed E-state index contributed by atoms with van der Waals surface area (Å²) in [5.41, 5.74) is 9.35. The van der Waals surface area contributed by atoms with Crippen LogP contribution in [0.25, 0.3) is 0 Å². The van der Waals surface area contributed by atoms with Crippen molar-refractivity contribution in [3.63, 3.8) is 0 Å². The van der Waals surface area contributed by atoms with Crippen molar-refractivity contribution in [1.82, 2.24) is 5.32 Å². The first-order chi connectivity index (χ1) is 13.8. The highest BCUT2D eigenvalue weighted by Crippen LogP contribution is 2.45. The summed E-state index contributed by atoms with van der Waals surface area (Å²) in [4.78, 5) is 0. The van der Waals surface area contributed by atoms with Gasteiger partial charge in [-0.05, 0) is 73.0 Å². The summed E-state index contributed by atoms with van der Waals surface area (Å²) < 4.78 is 12.2. The van der Waals surface area contributed by atoms with Gasteiger partial charge in [0.25, 0.3) is 0 Å². The minimum absolute atomic E-state index is 0.684. The zero-order valence-electron chi connectivity index (χ0n) is 17.4. The number of ether oxygens (including phenoxy) is 2. The summed E-state index contributed by atoms with van der Waals surface area (Å²) in [5, 5.41) is 3.32. The molecular weight excluding hydrogens is 346 g/mol. The molecule has 0 fully saturated rings. The largest absolute Gasteiger partial charge is 0.496 e. The Balaban J connectivity index is 1.97. The van der Waals surface area contributed by atoms with Crippen LogP contribution in [0.3, 0.4) is 0 Å². The lowest BCUT2D eigenvalue weighted by atomic mass is 9.79. The van der Waals surface area contributed by atoms with Crippen LogP contribution in [0, 0.1) is 0 Å². The van der Waals surface area contributed by atoms with Gasteiger partial charge in [0, 0.05) is 30.3 Å². The molecular formula is C25H31NO2. The fraction of sp³-hybridized carbons (Fsp3) is 0.440. The number of hydrogen-bond acceptors (Lipinski definition) is 3. The van der Waals surface area contributed by atoms with E-state index >= 15 is 0 Å². The summed E-state index contributed by atoms with van der Waals surface area (Å²) in [7, 11) is 3.80. The maximum atomic E-state index is 6.33. The van der Waals surface area contributed by atoms with E-state index in [1.165, 1.54) is 39.1 Å². The zero-order valence-corrected chi connectivity index (χ0v) is 17.4. The van der Waals surface area contributed by atoms with Crippen LogP contribution in [-0.2, 0) is 9.47 Å². The van der Waals surface area contributed by atoms with Gasteiger partial charge in [0.05, 0.1) is 7.11 Å². The molecule has 3 aliphatic carbocycles. The van der Waals surface area contributed by atoms with E-state index in [0.717, 1.165) is 56.5 Å². The minimum Gasteiger partial charge on any atom is -0.496 e. The molecule has 0 aromatic heterocycles. The summed E-state index contributed by atoms with van der Waals surface area (Å²) in [5.74, 6) is 2.16. The van der Waals surface area contributed by atoms with Crippen molar-refractivity contribution in [3.05, 3.63) is 81.0 Å². The highest BCUT2D eigenvalue weighted by molar-refractivity contribution is 5.67. The van der Waals surface area contributed by atoms with Crippen molar-refractivity contribution >= 4 is 0 Å². The third-order valence-corrected chi connectivity index (χ3v) is 6.10. The Morgan fingerprint density at radius 2 is 2.00 bits per heavy atom. The molecule has 4 aliphatic rings. The Labute approximate surface area is 168 Å². The van der Waals surface area contributed by atoms with E-state index in [2.05, 4.69) is 42.6 Å². The van der Waals surface area contributed by atoms with E-state index in [1.54, 1.807) is 7.11 Å². The molecule has 0 saturated carbocycles. The third kappa shape index (κ3) is 3.39. The van der Waals surface area contributed by atoms with Crippen LogP contribution in [0.15, 0.2) is 81.0 Å². The molecule has 0 aromatic carbocycles. The molecule has 148 valence electrons. The number of methoxy groups -OCH3 is 1. The number of rotatable bonds is 4. The van der Waals surface area contributed by atoms with Crippen molar-refractivity contribution < 1.29 is 9.47 Å². The van der Waals surface area contributed by atoms with Crippen LogP contribution in [0.2, 0.25) is 0 Å². The molecule has 3 nitrogen and oxygen atoms in total. The maximum Gasteiger partial charge on any atom is 0.122 e. The summed E-state index contributed by atoms with van der Waals surface area (Å²) in [6.07, 6.45) is 18.7. The van der Waals surface area contributed by atoms with Crippen LogP contribution in [0.1, 0.15) is 51.9 Å². The third-order valence-electron chi connectivity index (χ3n) is 6.10. The monoisotopic (exact) mass is 377 g/mol. The van der Waals surface area contributed by atoms with Crippen LogP contribution in [0.5, 0.6) is 0 Å². The molecule has 0 bridgehead atoms. The molecule has 0 unspecified atom stereocenters. The topological polar surface area (TPSA) is 30.5 Å². The minimum atomic E-state index is 0.684. The Morgan fingerprint density at radius 1 is 1.14 bits per heavy atom. The van der Waals surface area contributed by atoms with Gasteiger partial charge in [0.2, 0.25) is 0 Å². The van der Waals surface area contributed by atoms with E-state index in [0.29, 0.717) is 6.61 Å². The molecule has 3 heteroatoms. The average molecular weight is 378 g/mol. The molecule has 0 aromatic rings. The molecule has 1 heterocycles. The average Bonchev–Trinajstić information content (AvgIpc) is 2.92. The second-order valence-electron chi connectivity index (χ2n) is 7.68. The molecule has 1 aliphatic heterocycles. The Morgan fingerprint density at radius 3 is 2.79 bits per heavy atom. The zero-order chi connectivity index (χ0) is 19.5. The number of allylic oxidation sites excluding steroid dienone is 10.